The standard InChI is InChI=1S/C17H22N4O5/c1-17(2,3)15(24)20-11-6-5-10(7-12(11)26-4)19-13(22)9-21-14(23)8-18-16(21)25/h5-7H,8-9H2,1-4H3,(H,18,25)(H,19,22)(H,20,24). The van der Waals surface area contributed by atoms with E-state index in [-0.39, 0.29) is 19.0 Å². The minimum absolute atomic E-state index is 0.109. The number of ether oxygens (including phenoxy) is 1. The number of rotatable bonds is 5. The summed E-state index contributed by atoms with van der Waals surface area (Å²) in [5.41, 5.74) is 0.313. The van der Waals surface area contributed by atoms with Gasteiger partial charge in [0.25, 0.3) is 5.91 Å². The van der Waals surface area contributed by atoms with Crippen LogP contribution in [0.4, 0.5) is 16.2 Å². The molecule has 1 fully saturated rings. The van der Waals surface area contributed by atoms with Gasteiger partial charge in [0.2, 0.25) is 11.8 Å². The van der Waals surface area contributed by atoms with Crippen LogP contribution in [0.2, 0.25) is 0 Å². The monoisotopic (exact) mass is 362 g/mol. The van der Waals surface area contributed by atoms with Crippen molar-refractivity contribution >= 4 is 35.1 Å². The highest BCUT2D eigenvalue weighted by atomic mass is 16.5. The van der Waals surface area contributed by atoms with Crippen molar-refractivity contribution in [3.63, 3.8) is 0 Å². The SMILES string of the molecule is COc1cc(NC(=O)CN2C(=O)CNC2=O)ccc1NC(=O)C(C)(C)C. The Morgan fingerprint density at radius 2 is 1.92 bits per heavy atom. The molecule has 3 N–H and O–H groups in total. The van der Waals surface area contributed by atoms with Gasteiger partial charge >= 0.3 is 6.03 Å². The molecule has 5 amide bonds. The first-order valence-corrected chi connectivity index (χ1v) is 7.99. The average molecular weight is 362 g/mol. The van der Waals surface area contributed by atoms with E-state index in [9.17, 15) is 19.2 Å². The quantitative estimate of drug-likeness (QED) is 0.680. The van der Waals surface area contributed by atoms with Crippen LogP contribution >= 0.6 is 0 Å². The Morgan fingerprint density at radius 1 is 1.23 bits per heavy atom. The second-order valence-corrected chi connectivity index (χ2v) is 6.81. The molecule has 1 saturated heterocycles. The number of nitrogens with zero attached hydrogens (tertiary/aromatic N) is 1. The Balaban J connectivity index is 2.06. The molecule has 1 aromatic rings. The Bertz CT molecular complexity index is 738. The zero-order valence-electron chi connectivity index (χ0n) is 15.1. The highest BCUT2D eigenvalue weighted by molar-refractivity contribution is 6.06. The molecular weight excluding hydrogens is 340 g/mol. The molecule has 0 aromatic heterocycles. The van der Waals surface area contributed by atoms with Crippen LogP contribution in [0.25, 0.3) is 0 Å². The van der Waals surface area contributed by atoms with E-state index in [0.29, 0.717) is 17.1 Å². The zero-order chi connectivity index (χ0) is 19.5. The van der Waals surface area contributed by atoms with E-state index in [2.05, 4.69) is 16.0 Å². The number of amides is 5. The van der Waals surface area contributed by atoms with E-state index in [4.69, 9.17) is 4.74 Å². The Labute approximate surface area is 151 Å². The lowest BCUT2D eigenvalue weighted by molar-refractivity contribution is -0.128. The van der Waals surface area contributed by atoms with E-state index in [0.717, 1.165) is 4.90 Å². The number of carbonyl (C=O) groups excluding carboxylic acids is 4. The summed E-state index contributed by atoms with van der Waals surface area (Å²) in [6, 6.07) is 4.14. The lowest BCUT2D eigenvalue weighted by atomic mass is 9.95. The maximum Gasteiger partial charge on any atom is 0.325 e. The number of imide groups is 1. The smallest absolute Gasteiger partial charge is 0.325 e. The van der Waals surface area contributed by atoms with Gasteiger partial charge in [0.1, 0.15) is 12.3 Å². The molecule has 1 aliphatic rings. The number of methoxy groups -OCH3 is 1. The molecule has 9 nitrogen and oxygen atoms in total. The minimum atomic E-state index is -0.594. The van der Waals surface area contributed by atoms with Crippen LogP contribution in [-0.4, -0.2) is 48.9 Å². The molecule has 0 atom stereocenters. The summed E-state index contributed by atoms with van der Waals surface area (Å²) in [6.07, 6.45) is 0. The molecule has 0 radical (unpaired) electrons. The number of nitrogens with one attached hydrogen (secondary N) is 3. The second-order valence-electron chi connectivity index (χ2n) is 6.81. The molecule has 1 heterocycles. The highest BCUT2D eigenvalue weighted by Crippen LogP contribution is 2.29. The number of urea groups is 1. The van der Waals surface area contributed by atoms with Gasteiger partial charge in [-0.05, 0) is 12.1 Å². The van der Waals surface area contributed by atoms with Crippen LogP contribution in [0, 0.1) is 5.41 Å². The number of hydrogen-bond acceptors (Lipinski definition) is 5. The third-order valence-corrected chi connectivity index (χ3v) is 3.65. The zero-order valence-corrected chi connectivity index (χ0v) is 15.1. The van der Waals surface area contributed by atoms with Crippen LogP contribution in [0.15, 0.2) is 18.2 Å². The third-order valence-electron chi connectivity index (χ3n) is 3.65. The fourth-order valence-corrected chi connectivity index (χ4v) is 2.14. The molecule has 1 aromatic carbocycles. The van der Waals surface area contributed by atoms with Gasteiger partial charge in [0, 0.05) is 17.2 Å². The predicted molar refractivity (Wildman–Crippen MR) is 94.8 cm³/mol. The first-order valence-electron chi connectivity index (χ1n) is 7.99. The van der Waals surface area contributed by atoms with Crippen molar-refractivity contribution in [2.75, 3.05) is 30.8 Å². The number of hydrogen-bond donors (Lipinski definition) is 3. The molecule has 140 valence electrons. The summed E-state index contributed by atoms with van der Waals surface area (Å²) in [6.45, 7) is 4.88. The third kappa shape index (κ3) is 4.50. The summed E-state index contributed by atoms with van der Waals surface area (Å²) in [7, 11) is 1.45. The topological polar surface area (TPSA) is 117 Å². The Hall–Kier alpha value is -3.10. The normalized spacial score (nSPS) is 14.1. The van der Waals surface area contributed by atoms with Gasteiger partial charge in [-0.25, -0.2) is 4.79 Å². The van der Waals surface area contributed by atoms with E-state index < -0.39 is 23.3 Å². The van der Waals surface area contributed by atoms with Gasteiger partial charge in [0.05, 0.1) is 19.3 Å². The lowest BCUT2D eigenvalue weighted by Gasteiger charge is -2.19. The van der Waals surface area contributed by atoms with Crippen LogP contribution in [0.5, 0.6) is 5.75 Å². The molecular formula is C17H22N4O5. The fraction of sp³-hybridized carbons (Fsp3) is 0.412. The molecule has 0 bridgehead atoms. The van der Waals surface area contributed by atoms with E-state index in [1.165, 1.54) is 7.11 Å². The maximum absolute atomic E-state index is 12.1. The number of carbonyl (C=O) groups is 4. The van der Waals surface area contributed by atoms with Gasteiger partial charge in [-0.2, -0.15) is 0 Å². The van der Waals surface area contributed by atoms with Crippen LogP contribution < -0.4 is 20.7 Å². The largest absolute Gasteiger partial charge is 0.494 e. The molecule has 2 rings (SSSR count). The summed E-state index contributed by atoms with van der Waals surface area (Å²) in [5.74, 6) is -0.784. The molecule has 0 unspecified atom stereocenters. The lowest BCUT2D eigenvalue weighted by Crippen LogP contribution is -2.38. The van der Waals surface area contributed by atoms with Crippen molar-refractivity contribution < 1.29 is 23.9 Å². The van der Waals surface area contributed by atoms with Crippen LogP contribution in [0.3, 0.4) is 0 Å². The molecule has 0 spiro atoms. The van der Waals surface area contributed by atoms with E-state index in [1.807, 2.05) is 0 Å². The second kappa shape index (κ2) is 7.42. The average Bonchev–Trinajstić information content (AvgIpc) is 2.87. The molecule has 26 heavy (non-hydrogen) atoms. The van der Waals surface area contributed by atoms with Gasteiger partial charge in [-0.3, -0.25) is 19.3 Å². The van der Waals surface area contributed by atoms with E-state index >= 15 is 0 Å². The van der Waals surface area contributed by atoms with Crippen molar-refractivity contribution in [3.8, 4) is 5.75 Å². The Kier molecular flexibility index (Phi) is 5.49. The van der Waals surface area contributed by atoms with Crippen molar-refractivity contribution in [2.24, 2.45) is 5.41 Å². The van der Waals surface area contributed by atoms with Crippen molar-refractivity contribution in [1.82, 2.24) is 10.2 Å². The Morgan fingerprint density at radius 3 is 2.46 bits per heavy atom. The minimum Gasteiger partial charge on any atom is -0.494 e. The van der Waals surface area contributed by atoms with Crippen molar-refractivity contribution in [3.05, 3.63) is 18.2 Å². The first-order chi connectivity index (χ1) is 12.1. The summed E-state index contributed by atoms with van der Waals surface area (Å²) in [4.78, 5) is 48.0. The molecule has 0 aliphatic carbocycles. The molecule has 1 aliphatic heterocycles. The summed E-state index contributed by atoms with van der Waals surface area (Å²) < 4.78 is 5.25. The predicted octanol–water partition coefficient (Wildman–Crippen LogP) is 1.17. The van der Waals surface area contributed by atoms with Crippen LogP contribution in [0.1, 0.15) is 20.8 Å². The first kappa shape index (κ1) is 19.2. The fourth-order valence-electron chi connectivity index (χ4n) is 2.14. The summed E-state index contributed by atoms with van der Waals surface area (Å²) >= 11 is 0. The van der Waals surface area contributed by atoms with Gasteiger partial charge < -0.3 is 20.7 Å². The molecule has 9 heteroatoms. The number of benzene rings is 1. The maximum atomic E-state index is 12.1. The summed E-state index contributed by atoms with van der Waals surface area (Å²) in [5, 5.41) is 7.70. The molecule has 0 saturated carbocycles. The highest BCUT2D eigenvalue weighted by Gasteiger charge is 2.30. The number of anilines is 2. The van der Waals surface area contributed by atoms with E-state index in [1.54, 1.807) is 39.0 Å². The van der Waals surface area contributed by atoms with Crippen LogP contribution in [-0.2, 0) is 14.4 Å². The van der Waals surface area contributed by atoms with Crippen molar-refractivity contribution in [1.29, 1.82) is 0 Å². The van der Waals surface area contributed by atoms with Gasteiger partial charge in [-0.1, -0.05) is 20.8 Å². The van der Waals surface area contributed by atoms with Gasteiger partial charge in [0.15, 0.2) is 0 Å². The van der Waals surface area contributed by atoms with Crippen molar-refractivity contribution in [2.45, 2.75) is 20.8 Å². The van der Waals surface area contributed by atoms with Gasteiger partial charge in [-0.15, -0.1) is 0 Å².